The topological polar surface area (TPSA) is 103 Å². The van der Waals surface area contributed by atoms with Gasteiger partial charge in [0, 0.05) is 26.2 Å². The smallest absolute Gasteiger partial charge is 0.260 e. The van der Waals surface area contributed by atoms with Crippen LogP contribution in [0.2, 0.25) is 5.02 Å². The number of aromatic nitrogens is 2. The summed E-state index contributed by atoms with van der Waals surface area (Å²) in [6.07, 6.45) is 2.79. The number of H-pyrrole nitrogens is 1. The number of hydrogen-bond donors (Lipinski definition) is 1. The lowest BCUT2D eigenvalue weighted by Crippen LogP contribution is -2.37. The number of sulfonamides is 2. The molecule has 0 bridgehead atoms. The van der Waals surface area contributed by atoms with E-state index in [-0.39, 0.29) is 41.1 Å². The molecule has 142 valence electrons. The van der Waals surface area contributed by atoms with E-state index in [0.717, 1.165) is 18.2 Å². The number of rotatable bonds is 4. The van der Waals surface area contributed by atoms with E-state index in [2.05, 4.69) is 9.97 Å². The third-order valence-electron chi connectivity index (χ3n) is 4.03. The van der Waals surface area contributed by atoms with Crippen molar-refractivity contribution in [1.29, 1.82) is 0 Å². The first-order chi connectivity index (χ1) is 12.2. The molecule has 0 aliphatic carbocycles. The number of aromatic amines is 1. The minimum absolute atomic E-state index is 0.00445. The van der Waals surface area contributed by atoms with Crippen LogP contribution in [-0.4, -0.2) is 61.6 Å². The normalized spacial score (nSPS) is 17.9. The molecule has 0 atom stereocenters. The predicted molar refractivity (Wildman–Crippen MR) is 92.1 cm³/mol. The summed E-state index contributed by atoms with van der Waals surface area (Å²) < 4.78 is 66.3. The molecule has 0 radical (unpaired) electrons. The zero-order valence-electron chi connectivity index (χ0n) is 13.5. The molecule has 1 aliphatic heterocycles. The second-order valence-corrected chi connectivity index (χ2v) is 9.90. The van der Waals surface area contributed by atoms with E-state index in [0.29, 0.717) is 6.42 Å². The van der Waals surface area contributed by atoms with Crippen LogP contribution in [0.25, 0.3) is 0 Å². The Kier molecular flexibility index (Phi) is 5.35. The lowest BCUT2D eigenvalue weighted by Gasteiger charge is -2.21. The van der Waals surface area contributed by atoms with Crippen LogP contribution in [0.4, 0.5) is 4.39 Å². The zero-order valence-corrected chi connectivity index (χ0v) is 15.9. The van der Waals surface area contributed by atoms with Crippen molar-refractivity contribution in [1.82, 2.24) is 18.6 Å². The SMILES string of the molecule is O=S(=O)(c1ccc(F)c(Cl)c1)N1CCCN(S(=O)(=O)c2cnc[nH]2)CC1. The molecule has 8 nitrogen and oxygen atoms in total. The van der Waals surface area contributed by atoms with Gasteiger partial charge in [0.1, 0.15) is 5.82 Å². The van der Waals surface area contributed by atoms with Crippen molar-refractivity contribution in [2.45, 2.75) is 16.3 Å². The molecular formula is C14H16ClFN4O4S2. The lowest BCUT2D eigenvalue weighted by atomic mass is 10.3. The van der Waals surface area contributed by atoms with E-state index in [4.69, 9.17) is 11.6 Å². The summed E-state index contributed by atoms with van der Waals surface area (Å²) in [6, 6.07) is 3.18. The molecule has 0 saturated carbocycles. The molecule has 12 heteroatoms. The number of nitrogens with zero attached hydrogens (tertiary/aromatic N) is 3. The molecule has 1 saturated heterocycles. The molecule has 3 rings (SSSR count). The first kappa shape index (κ1) is 19.2. The quantitative estimate of drug-likeness (QED) is 0.799. The fourth-order valence-electron chi connectivity index (χ4n) is 2.66. The van der Waals surface area contributed by atoms with Crippen LogP contribution < -0.4 is 0 Å². The van der Waals surface area contributed by atoms with Gasteiger partial charge in [-0.25, -0.2) is 26.2 Å². The van der Waals surface area contributed by atoms with Crippen LogP contribution in [0.15, 0.2) is 40.6 Å². The van der Waals surface area contributed by atoms with Crippen molar-refractivity contribution in [2.24, 2.45) is 0 Å². The van der Waals surface area contributed by atoms with E-state index in [9.17, 15) is 21.2 Å². The van der Waals surface area contributed by atoms with Gasteiger partial charge in [0.2, 0.25) is 10.0 Å². The summed E-state index contributed by atoms with van der Waals surface area (Å²) in [4.78, 5) is 6.13. The highest BCUT2D eigenvalue weighted by molar-refractivity contribution is 7.89. The Hall–Kier alpha value is -1.53. The molecular weight excluding hydrogens is 407 g/mol. The fourth-order valence-corrected chi connectivity index (χ4v) is 5.77. The third kappa shape index (κ3) is 3.62. The van der Waals surface area contributed by atoms with Gasteiger partial charge in [-0.1, -0.05) is 11.6 Å². The van der Waals surface area contributed by atoms with Gasteiger partial charge in [0.05, 0.1) is 22.4 Å². The number of halogens is 2. The molecule has 2 heterocycles. The Morgan fingerprint density at radius 2 is 1.69 bits per heavy atom. The van der Waals surface area contributed by atoms with Crippen LogP contribution >= 0.6 is 11.6 Å². The van der Waals surface area contributed by atoms with Gasteiger partial charge in [0.15, 0.2) is 5.03 Å². The molecule has 1 N–H and O–H groups in total. The Morgan fingerprint density at radius 3 is 2.27 bits per heavy atom. The highest BCUT2D eigenvalue weighted by Gasteiger charge is 2.32. The molecule has 1 aromatic heterocycles. The molecule has 1 fully saturated rings. The van der Waals surface area contributed by atoms with Crippen LogP contribution in [-0.2, 0) is 20.0 Å². The standard InChI is InChI=1S/C14H16ClFN4O4S2/c15-12-8-11(2-3-13(12)16)25(21,22)19-4-1-5-20(7-6-19)26(23,24)14-9-17-10-18-14/h2-3,8-10H,1,4-7H2,(H,17,18). The van der Waals surface area contributed by atoms with Crippen molar-refractivity contribution in [3.63, 3.8) is 0 Å². The summed E-state index contributed by atoms with van der Waals surface area (Å²) in [5.74, 6) is -0.710. The van der Waals surface area contributed by atoms with E-state index < -0.39 is 25.9 Å². The Bertz CT molecular complexity index is 996. The molecule has 0 amide bonds. The Morgan fingerprint density at radius 1 is 1.04 bits per heavy atom. The van der Waals surface area contributed by atoms with Crippen molar-refractivity contribution in [2.75, 3.05) is 26.2 Å². The van der Waals surface area contributed by atoms with Crippen LogP contribution in [0.5, 0.6) is 0 Å². The second kappa shape index (κ2) is 7.24. The molecule has 0 unspecified atom stereocenters. The molecule has 2 aromatic rings. The Labute approximate surface area is 155 Å². The molecule has 1 aromatic carbocycles. The average molecular weight is 423 g/mol. The van der Waals surface area contributed by atoms with E-state index in [1.165, 1.54) is 21.1 Å². The molecule has 1 aliphatic rings. The number of imidazole rings is 1. The first-order valence-corrected chi connectivity index (χ1v) is 10.9. The Balaban J connectivity index is 1.81. The van der Waals surface area contributed by atoms with Gasteiger partial charge in [-0.05, 0) is 24.6 Å². The number of benzene rings is 1. The van der Waals surface area contributed by atoms with Crippen molar-refractivity contribution >= 4 is 31.6 Å². The van der Waals surface area contributed by atoms with Gasteiger partial charge in [-0.15, -0.1) is 0 Å². The van der Waals surface area contributed by atoms with Gasteiger partial charge in [-0.2, -0.15) is 8.61 Å². The van der Waals surface area contributed by atoms with Gasteiger partial charge in [0.25, 0.3) is 10.0 Å². The van der Waals surface area contributed by atoms with E-state index in [1.54, 1.807) is 0 Å². The van der Waals surface area contributed by atoms with Gasteiger partial charge < -0.3 is 4.98 Å². The fraction of sp³-hybridized carbons (Fsp3) is 0.357. The summed E-state index contributed by atoms with van der Waals surface area (Å²) in [6.45, 7) is 0.296. The maximum absolute atomic E-state index is 13.3. The summed E-state index contributed by atoms with van der Waals surface area (Å²) in [5, 5.41) is -0.330. The van der Waals surface area contributed by atoms with Crippen LogP contribution in [0.3, 0.4) is 0 Å². The molecule has 0 spiro atoms. The van der Waals surface area contributed by atoms with Crippen LogP contribution in [0, 0.1) is 5.82 Å². The van der Waals surface area contributed by atoms with Gasteiger partial charge in [-0.3, -0.25) is 0 Å². The average Bonchev–Trinajstić information content (AvgIpc) is 3.01. The van der Waals surface area contributed by atoms with Crippen molar-refractivity contribution < 1.29 is 21.2 Å². The first-order valence-electron chi connectivity index (χ1n) is 7.66. The van der Waals surface area contributed by atoms with Crippen molar-refractivity contribution in [3.05, 3.63) is 41.6 Å². The van der Waals surface area contributed by atoms with Crippen molar-refractivity contribution in [3.8, 4) is 0 Å². The monoisotopic (exact) mass is 422 g/mol. The van der Waals surface area contributed by atoms with Crippen LogP contribution in [0.1, 0.15) is 6.42 Å². The largest absolute Gasteiger partial charge is 0.335 e. The zero-order chi connectivity index (χ0) is 18.9. The number of hydrogen-bond acceptors (Lipinski definition) is 5. The lowest BCUT2D eigenvalue weighted by molar-refractivity contribution is 0.403. The summed E-state index contributed by atoms with van der Waals surface area (Å²) >= 11 is 5.68. The van der Waals surface area contributed by atoms with E-state index >= 15 is 0 Å². The maximum atomic E-state index is 13.3. The predicted octanol–water partition coefficient (Wildman–Crippen LogP) is 1.29. The highest BCUT2D eigenvalue weighted by Crippen LogP contribution is 2.24. The minimum Gasteiger partial charge on any atom is -0.335 e. The minimum atomic E-state index is -3.91. The summed E-state index contributed by atoms with van der Waals surface area (Å²) in [7, 11) is -7.67. The van der Waals surface area contributed by atoms with E-state index in [1.807, 2.05) is 0 Å². The second-order valence-electron chi connectivity index (χ2n) is 5.65. The third-order valence-corrected chi connectivity index (χ3v) is 8.04. The maximum Gasteiger partial charge on any atom is 0.260 e. The number of nitrogens with one attached hydrogen (secondary N) is 1. The summed E-state index contributed by atoms with van der Waals surface area (Å²) in [5.41, 5.74) is 0. The highest BCUT2D eigenvalue weighted by atomic mass is 35.5. The molecule has 26 heavy (non-hydrogen) atoms. The van der Waals surface area contributed by atoms with Gasteiger partial charge >= 0.3 is 0 Å².